The van der Waals surface area contributed by atoms with Crippen LogP contribution >= 0.6 is 0 Å². The number of hydrogen-bond donors (Lipinski definition) is 0. The van der Waals surface area contributed by atoms with Gasteiger partial charge in [0.25, 0.3) is 0 Å². The van der Waals surface area contributed by atoms with Gasteiger partial charge in [-0.1, -0.05) is 58.1 Å². The van der Waals surface area contributed by atoms with Gasteiger partial charge >= 0.3 is 0 Å². The van der Waals surface area contributed by atoms with E-state index in [1.165, 1.54) is 69.8 Å². The van der Waals surface area contributed by atoms with Crippen LogP contribution in [0.3, 0.4) is 0 Å². The standard InChI is InChI=1S/C20H32/c1-4-6-8-13-20-18(5-2)16(3)14-15-19(20)17-11-9-7-10-12-17/h14-15,17H,4-13H2,1-3H3. The summed E-state index contributed by atoms with van der Waals surface area (Å²) in [5.41, 5.74) is 6.61. The predicted octanol–water partition coefficient (Wildman–Crippen LogP) is 6.34. The molecule has 0 aliphatic heterocycles. The quantitative estimate of drug-likeness (QED) is 0.530. The fourth-order valence-corrected chi connectivity index (χ4v) is 3.96. The van der Waals surface area contributed by atoms with Crippen LogP contribution in [0.1, 0.15) is 93.4 Å². The van der Waals surface area contributed by atoms with E-state index in [-0.39, 0.29) is 0 Å². The maximum atomic E-state index is 2.46. The number of rotatable bonds is 6. The summed E-state index contributed by atoms with van der Waals surface area (Å²) in [6.45, 7) is 6.93. The maximum Gasteiger partial charge on any atom is -0.0159 e. The van der Waals surface area contributed by atoms with Gasteiger partial charge in [-0.15, -0.1) is 0 Å². The van der Waals surface area contributed by atoms with Crippen LogP contribution < -0.4 is 0 Å². The molecule has 0 saturated heterocycles. The van der Waals surface area contributed by atoms with Crippen molar-refractivity contribution in [1.82, 2.24) is 0 Å². The van der Waals surface area contributed by atoms with E-state index in [2.05, 4.69) is 32.9 Å². The average molecular weight is 272 g/mol. The highest BCUT2D eigenvalue weighted by Crippen LogP contribution is 2.37. The van der Waals surface area contributed by atoms with Crippen molar-refractivity contribution >= 4 is 0 Å². The molecule has 1 aliphatic carbocycles. The van der Waals surface area contributed by atoms with E-state index in [0.29, 0.717) is 0 Å². The molecule has 0 heterocycles. The van der Waals surface area contributed by atoms with Gasteiger partial charge in [0.1, 0.15) is 0 Å². The number of unbranched alkanes of at least 4 members (excludes halogenated alkanes) is 2. The van der Waals surface area contributed by atoms with Crippen LogP contribution in [0.25, 0.3) is 0 Å². The summed E-state index contributed by atoms with van der Waals surface area (Å²) < 4.78 is 0. The van der Waals surface area contributed by atoms with Gasteiger partial charge in [0.15, 0.2) is 0 Å². The number of hydrogen-bond acceptors (Lipinski definition) is 0. The van der Waals surface area contributed by atoms with Crippen molar-refractivity contribution in [2.24, 2.45) is 0 Å². The van der Waals surface area contributed by atoms with Crippen LogP contribution in [0.15, 0.2) is 12.1 Å². The number of aryl methyl sites for hydroxylation is 1. The Morgan fingerprint density at radius 3 is 2.35 bits per heavy atom. The van der Waals surface area contributed by atoms with Crippen LogP contribution in [0.2, 0.25) is 0 Å². The van der Waals surface area contributed by atoms with Gasteiger partial charge in [0.05, 0.1) is 0 Å². The van der Waals surface area contributed by atoms with E-state index in [0.717, 1.165) is 5.92 Å². The van der Waals surface area contributed by atoms with Crippen LogP contribution in [0.4, 0.5) is 0 Å². The Morgan fingerprint density at radius 1 is 0.950 bits per heavy atom. The van der Waals surface area contributed by atoms with Crippen LogP contribution in [-0.2, 0) is 12.8 Å². The summed E-state index contributed by atoms with van der Waals surface area (Å²) in [4.78, 5) is 0. The highest BCUT2D eigenvalue weighted by Gasteiger charge is 2.20. The summed E-state index contributed by atoms with van der Waals surface area (Å²) in [5, 5.41) is 0. The van der Waals surface area contributed by atoms with Gasteiger partial charge in [-0.25, -0.2) is 0 Å². The normalized spacial score (nSPS) is 16.6. The smallest absolute Gasteiger partial charge is 0.0159 e. The molecule has 2 rings (SSSR count). The van der Waals surface area contributed by atoms with Crippen molar-refractivity contribution in [2.45, 2.75) is 90.9 Å². The summed E-state index contributed by atoms with van der Waals surface area (Å²) in [6, 6.07) is 4.85. The minimum atomic E-state index is 0.853. The molecule has 1 aromatic carbocycles. The maximum absolute atomic E-state index is 2.46. The third-order valence-electron chi connectivity index (χ3n) is 5.13. The van der Waals surface area contributed by atoms with Crippen molar-refractivity contribution < 1.29 is 0 Å². The molecule has 1 saturated carbocycles. The second kappa shape index (κ2) is 7.86. The Balaban J connectivity index is 2.28. The van der Waals surface area contributed by atoms with Crippen molar-refractivity contribution in [3.05, 3.63) is 34.4 Å². The molecule has 1 aromatic rings. The van der Waals surface area contributed by atoms with E-state index in [9.17, 15) is 0 Å². The van der Waals surface area contributed by atoms with Crippen LogP contribution in [0, 0.1) is 6.92 Å². The first-order valence-electron chi connectivity index (χ1n) is 8.89. The molecule has 20 heavy (non-hydrogen) atoms. The largest absolute Gasteiger partial charge is 0.0654 e. The third-order valence-corrected chi connectivity index (χ3v) is 5.13. The second-order valence-electron chi connectivity index (χ2n) is 6.57. The molecule has 112 valence electrons. The van der Waals surface area contributed by atoms with Gasteiger partial charge in [-0.05, 0) is 67.2 Å². The Kier molecular flexibility index (Phi) is 6.13. The second-order valence-corrected chi connectivity index (χ2v) is 6.57. The molecule has 0 nitrogen and oxygen atoms in total. The van der Waals surface area contributed by atoms with E-state index in [4.69, 9.17) is 0 Å². The molecule has 0 bridgehead atoms. The summed E-state index contributed by atoms with van der Waals surface area (Å²) in [7, 11) is 0. The molecule has 0 N–H and O–H groups in total. The monoisotopic (exact) mass is 272 g/mol. The van der Waals surface area contributed by atoms with Gasteiger partial charge in [-0.3, -0.25) is 0 Å². The van der Waals surface area contributed by atoms with E-state index < -0.39 is 0 Å². The van der Waals surface area contributed by atoms with Gasteiger partial charge in [0.2, 0.25) is 0 Å². The Labute approximate surface area is 126 Å². The zero-order valence-corrected chi connectivity index (χ0v) is 13.8. The van der Waals surface area contributed by atoms with E-state index in [1.54, 1.807) is 16.7 Å². The number of benzene rings is 1. The van der Waals surface area contributed by atoms with Gasteiger partial charge < -0.3 is 0 Å². The predicted molar refractivity (Wildman–Crippen MR) is 89.6 cm³/mol. The van der Waals surface area contributed by atoms with Crippen LogP contribution in [-0.4, -0.2) is 0 Å². The Morgan fingerprint density at radius 2 is 1.70 bits per heavy atom. The van der Waals surface area contributed by atoms with E-state index >= 15 is 0 Å². The molecule has 1 aliphatic rings. The average Bonchev–Trinajstić information content (AvgIpc) is 2.49. The molecule has 0 spiro atoms. The molecule has 0 heteroatoms. The Bertz CT molecular complexity index is 410. The van der Waals surface area contributed by atoms with Crippen LogP contribution in [0.5, 0.6) is 0 Å². The fourth-order valence-electron chi connectivity index (χ4n) is 3.96. The third kappa shape index (κ3) is 3.65. The first kappa shape index (κ1) is 15.6. The highest BCUT2D eigenvalue weighted by atomic mass is 14.2. The molecular weight excluding hydrogens is 240 g/mol. The van der Waals surface area contributed by atoms with Gasteiger partial charge in [-0.2, -0.15) is 0 Å². The lowest BCUT2D eigenvalue weighted by molar-refractivity contribution is 0.440. The van der Waals surface area contributed by atoms with Gasteiger partial charge in [0, 0.05) is 0 Å². The minimum absolute atomic E-state index is 0.853. The SMILES string of the molecule is CCCCCc1c(C2CCCCC2)ccc(C)c1CC. The molecule has 0 radical (unpaired) electrons. The Hall–Kier alpha value is -0.780. The zero-order chi connectivity index (χ0) is 14.4. The van der Waals surface area contributed by atoms with Crippen molar-refractivity contribution in [2.75, 3.05) is 0 Å². The zero-order valence-electron chi connectivity index (χ0n) is 13.8. The lowest BCUT2D eigenvalue weighted by Gasteiger charge is -2.26. The molecular formula is C20H32. The van der Waals surface area contributed by atoms with Crippen molar-refractivity contribution in [3.8, 4) is 0 Å². The van der Waals surface area contributed by atoms with E-state index in [1.807, 2.05) is 0 Å². The first-order chi connectivity index (χ1) is 9.77. The minimum Gasteiger partial charge on any atom is -0.0654 e. The fraction of sp³-hybridized carbons (Fsp3) is 0.700. The topological polar surface area (TPSA) is 0 Å². The summed E-state index contributed by atoms with van der Waals surface area (Å²) in [6.07, 6.45) is 13.8. The van der Waals surface area contributed by atoms with Crippen molar-refractivity contribution in [1.29, 1.82) is 0 Å². The molecule has 1 fully saturated rings. The molecule has 0 aromatic heterocycles. The van der Waals surface area contributed by atoms with Crippen molar-refractivity contribution in [3.63, 3.8) is 0 Å². The lowest BCUT2D eigenvalue weighted by Crippen LogP contribution is -2.10. The lowest BCUT2D eigenvalue weighted by atomic mass is 9.79. The molecule has 0 amide bonds. The molecule has 0 atom stereocenters. The summed E-state index contributed by atoms with van der Waals surface area (Å²) >= 11 is 0. The molecule has 0 unspecified atom stereocenters. The first-order valence-corrected chi connectivity index (χ1v) is 8.89. The highest BCUT2D eigenvalue weighted by molar-refractivity contribution is 5.42. The summed E-state index contributed by atoms with van der Waals surface area (Å²) in [5.74, 6) is 0.853.